The van der Waals surface area contributed by atoms with Crippen molar-refractivity contribution >= 4 is 23.2 Å². The van der Waals surface area contributed by atoms with Crippen LogP contribution in [0.2, 0.25) is 0 Å². The van der Waals surface area contributed by atoms with E-state index < -0.39 is 5.83 Å². The molecule has 0 N–H and O–H groups in total. The van der Waals surface area contributed by atoms with Gasteiger partial charge in [0.1, 0.15) is 5.83 Å². The average molecular weight is 237 g/mol. The summed E-state index contributed by atoms with van der Waals surface area (Å²) in [6.07, 6.45) is 0.735. The van der Waals surface area contributed by atoms with Crippen molar-refractivity contribution in [1.29, 1.82) is 0 Å². The third-order valence-electron chi connectivity index (χ3n) is 2.10. The fourth-order valence-electron chi connectivity index (χ4n) is 1.43. The van der Waals surface area contributed by atoms with E-state index in [1.807, 2.05) is 0 Å². The monoisotopic (exact) mass is 236 g/mol. The molecule has 0 saturated carbocycles. The van der Waals surface area contributed by atoms with Gasteiger partial charge in [0, 0.05) is 18.1 Å². The van der Waals surface area contributed by atoms with Crippen molar-refractivity contribution in [2.75, 3.05) is 13.2 Å². The zero-order chi connectivity index (χ0) is 10.7. The summed E-state index contributed by atoms with van der Waals surface area (Å²) < 4.78 is 18.3. The van der Waals surface area contributed by atoms with Crippen LogP contribution in [0.25, 0.3) is 0 Å². The fraction of sp³-hybridized carbons (Fsp3) is 0.400. The van der Waals surface area contributed by atoms with Gasteiger partial charge in [0.05, 0.1) is 16.7 Å². The van der Waals surface area contributed by atoms with Gasteiger partial charge in [-0.25, -0.2) is 4.39 Å². The SMILES string of the molecule is C=C(Cl)/C(Cl)=C(\C(=C)F)C1CCOC1. The highest BCUT2D eigenvalue weighted by molar-refractivity contribution is 6.44. The Morgan fingerprint density at radius 3 is 2.36 bits per heavy atom. The van der Waals surface area contributed by atoms with Crippen LogP contribution in [0.1, 0.15) is 6.42 Å². The molecule has 0 spiro atoms. The smallest absolute Gasteiger partial charge is 0.121 e. The molecule has 1 rings (SSSR count). The van der Waals surface area contributed by atoms with Crippen LogP contribution in [0.4, 0.5) is 4.39 Å². The van der Waals surface area contributed by atoms with Gasteiger partial charge in [0.15, 0.2) is 0 Å². The molecular formula is C10H11Cl2FO. The summed E-state index contributed by atoms with van der Waals surface area (Å²) >= 11 is 11.5. The lowest BCUT2D eigenvalue weighted by atomic mass is 9.97. The van der Waals surface area contributed by atoms with Crippen molar-refractivity contribution in [3.63, 3.8) is 0 Å². The molecule has 1 aliphatic rings. The van der Waals surface area contributed by atoms with Crippen molar-refractivity contribution in [3.05, 3.63) is 34.6 Å². The van der Waals surface area contributed by atoms with E-state index in [1.54, 1.807) is 0 Å². The molecule has 1 heterocycles. The van der Waals surface area contributed by atoms with Crippen molar-refractivity contribution in [3.8, 4) is 0 Å². The first-order chi connectivity index (χ1) is 6.54. The van der Waals surface area contributed by atoms with E-state index in [0.29, 0.717) is 18.8 Å². The second kappa shape index (κ2) is 4.96. The Morgan fingerprint density at radius 1 is 1.36 bits per heavy atom. The summed E-state index contributed by atoms with van der Waals surface area (Å²) in [6.45, 7) is 7.76. The normalized spacial score (nSPS) is 23.2. The van der Waals surface area contributed by atoms with E-state index in [4.69, 9.17) is 27.9 Å². The number of hydrogen-bond donors (Lipinski definition) is 0. The Labute approximate surface area is 92.8 Å². The highest BCUT2D eigenvalue weighted by atomic mass is 35.5. The van der Waals surface area contributed by atoms with Gasteiger partial charge >= 0.3 is 0 Å². The van der Waals surface area contributed by atoms with E-state index >= 15 is 0 Å². The predicted molar refractivity (Wildman–Crippen MR) is 57.0 cm³/mol. The van der Waals surface area contributed by atoms with Crippen LogP contribution in [0.5, 0.6) is 0 Å². The predicted octanol–water partition coefficient (Wildman–Crippen LogP) is 3.75. The van der Waals surface area contributed by atoms with Gasteiger partial charge in [-0.2, -0.15) is 0 Å². The Morgan fingerprint density at radius 2 is 2.00 bits per heavy atom. The molecule has 0 amide bonds. The molecule has 0 aliphatic carbocycles. The number of ether oxygens (including phenoxy) is 1. The van der Waals surface area contributed by atoms with Crippen LogP contribution in [0.15, 0.2) is 34.6 Å². The van der Waals surface area contributed by atoms with Crippen molar-refractivity contribution in [2.24, 2.45) is 5.92 Å². The van der Waals surface area contributed by atoms with Gasteiger partial charge in [0.2, 0.25) is 0 Å². The van der Waals surface area contributed by atoms with E-state index in [0.717, 1.165) is 6.42 Å². The minimum Gasteiger partial charge on any atom is -0.381 e. The molecule has 0 aromatic carbocycles. The molecule has 1 atom stereocenters. The summed E-state index contributed by atoms with van der Waals surface area (Å²) in [6, 6.07) is 0. The van der Waals surface area contributed by atoms with Crippen LogP contribution in [0, 0.1) is 5.92 Å². The van der Waals surface area contributed by atoms with Gasteiger partial charge < -0.3 is 4.74 Å². The Kier molecular flexibility index (Phi) is 4.17. The highest BCUT2D eigenvalue weighted by Gasteiger charge is 2.25. The topological polar surface area (TPSA) is 9.23 Å². The molecule has 0 aromatic heterocycles. The lowest BCUT2D eigenvalue weighted by molar-refractivity contribution is 0.190. The molecule has 1 nitrogen and oxygen atoms in total. The largest absolute Gasteiger partial charge is 0.381 e. The molecule has 1 unspecified atom stereocenters. The molecule has 0 bridgehead atoms. The summed E-state index contributed by atoms with van der Waals surface area (Å²) in [5.74, 6) is -0.622. The van der Waals surface area contributed by atoms with E-state index in [2.05, 4.69) is 13.2 Å². The van der Waals surface area contributed by atoms with Crippen molar-refractivity contribution in [2.45, 2.75) is 6.42 Å². The van der Waals surface area contributed by atoms with Crippen molar-refractivity contribution < 1.29 is 9.13 Å². The third-order valence-corrected chi connectivity index (χ3v) is 2.82. The first kappa shape index (κ1) is 11.8. The zero-order valence-corrected chi connectivity index (χ0v) is 9.17. The molecule has 0 radical (unpaired) electrons. The highest BCUT2D eigenvalue weighted by Crippen LogP contribution is 2.34. The number of rotatable bonds is 3. The first-order valence-corrected chi connectivity index (χ1v) is 4.96. The maximum atomic E-state index is 13.1. The molecule has 14 heavy (non-hydrogen) atoms. The molecule has 0 aromatic rings. The Bertz CT molecular complexity index is 290. The van der Waals surface area contributed by atoms with E-state index in [-0.39, 0.29) is 16.0 Å². The number of allylic oxidation sites excluding steroid dienone is 3. The standard InChI is InChI=1S/C10H11Cl2FO/c1-6(11)10(12)9(7(2)13)8-3-4-14-5-8/h8H,1-5H2/b10-9-. The lowest BCUT2D eigenvalue weighted by Gasteiger charge is -2.13. The van der Waals surface area contributed by atoms with Crippen molar-refractivity contribution in [1.82, 2.24) is 0 Å². The van der Waals surface area contributed by atoms with Crippen LogP contribution < -0.4 is 0 Å². The van der Waals surface area contributed by atoms with Gasteiger partial charge in [-0.15, -0.1) is 0 Å². The van der Waals surface area contributed by atoms with E-state index in [1.165, 1.54) is 0 Å². The quantitative estimate of drug-likeness (QED) is 0.679. The van der Waals surface area contributed by atoms with Gasteiger partial charge in [-0.3, -0.25) is 0 Å². The lowest BCUT2D eigenvalue weighted by Crippen LogP contribution is -2.06. The summed E-state index contributed by atoms with van der Waals surface area (Å²) in [5, 5.41) is 0.280. The summed E-state index contributed by atoms with van der Waals surface area (Å²) in [4.78, 5) is 0. The van der Waals surface area contributed by atoms with Crippen LogP contribution >= 0.6 is 23.2 Å². The molecular weight excluding hydrogens is 226 g/mol. The second-order valence-electron chi connectivity index (χ2n) is 3.10. The van der Waals surface area contributed by atoms with Crippen LogP contribution in [0.3, 0.4) is 0 Å². The first-order valence-electron chi connectivity index (χ1n) is 4.21. The van der Waals surface area contributed by atoms with Crippen LogP contribution in [-0.2, 0) is 4.74 Å². The Balaban J connectivity index is 2.99. The maximum absolute atomic E-state index is 13.1. The second-order valence-corrected chi connectivity index (χ2v) is 3.93. The summed E-state index contributed by atoms with van der Waals surface area (Å²) in [7, 11) is 0. The average Bonchev–Trinajstić information content (AvgIpc) is 2.56. The van der Waals surface area contributed by atoms with Gasteiger partial charge in [-0.05, 0) is 6.42 Å². The van der Waals surface area contributed by atoms with E-state index in [9.17, 15) is 4.39 Å². The fourth-order valence-corrected chi connectivity index (χ4v) is 1.79. The van der Waals surface area contributed by atoms with Gasteiger partial charge in [-0.1, -0.05) is 36.4 Å². The zero-order valence-electron chi connectivity index (χ0n) is 7.66. The van der Waals surface area contributed by atoms with Crippen LogP contribution in [-0.4, -0.2) is 13.2 Å². The Hall–Kier alpha value is -0.310. The minimum absolute atomic E-state index is 0.0597. The number of halogens is 3. The molecule has 1 fully saturated rings. The molecule has 78 valence electrons. The molecule has 1 saturated heterocycles. The maximum Gasteiger partial charge on any atom is 0.121 e. The summed E-state index contributed by atoms with van der Waals surface area (Å²) in [5.41, 5.74) is 0.323. The van der Waals surface area contributed by atoms with Gasteiger partial charge in [0.25, 0.3) is 0 Å². The molecule has 1 aliphatic heterocycles. The third kappa shape index (κ3) is 2.59. The minimum atomic E-state index is -0.563. The molecule has 4 heteroatoms. The number of hydrogen-bond acceptors (Lipinski definition) is 1.